The van der Waals surface area contributed by atoms with Gasteiger partial charge < -0.3 is 19.9 Å². The van der Waals surface area contributed by atoms with Crippen LogP contribution in [0.4, 0.5) is 0 Å². The summed E-state index contributed by atoms with van der Waals surface area (Å²) < 4.78 is 10.7. The summed E-state index contributed by atoms with van der Waals surface area (Å²) in [5.74, 6) is -2.85. The zero-order valence-electron chi connectivity index (χ0n) is 15.0. The van der Waals surface area contributed by atoms with Crippen LogP contribution in [0.15, 0.2) is 35.5 Å². The Morgan fingerprint density at radius 1 is 1.38 bits per heavy atom. The highest BCUT2D eigenvalue weighted by atomic mass is 35.5. The number of halogens is 1. The summed E-state index contributed by atoms with van der Waals surface area (Å²) in [5, 5.41) is 12.0. The second-order valence-corrected chi connectivity index (χ2v) is 8.16. The van der Waals surface area contributed by atoms with E-state index in [1.54, 1.807) is 24.3 Å². The number of carbonyl (C=O) groups excluding carboxylic acids is 3. The number of aliphatic carboxylic acids is 1. The van der Waals surface area contributed by atoms with E-state index in [2.05, 4.69) is 5.32 Å². The van der Waals surface area contributed by atoms with Gasteiger partial charge >= 0.3 is 11.9 Å². The molecule has 1 aromatic rings. The maximum Gasteiger partial charge on any atom is 0.352 e. The van der Waals surface area contributed by atoms with Crippen molar-refractivity contribution in [1.29, 1.82) is 0 Å². The molecule has 9 nitrogen and oxygen atoms in total. The van der Waals surface area contributed by atoms with Gasteiger partial charge in [-0.2, -0.15) is 0 Å². The molecular weight excluding hydrogens is 424 g/mol. The maximum absolute atomic E-state index is 12.9. The molecular formula is C18H15ClN2O7S. The summed E-state index contributed by atoms with van der Waals surface area (Å²) >= 11 is 7.10. The number of hydrogen-bond acceptors (Lipinski definition) is 7. The van der Waals surface area contributed by atoms with Gasteiger partial charge in [0.1, 0.15) is 17.7 Å². The van der Waals surface area contributed by atoms with E-state index >= 15 is 0 Å². The molecule has 11 heteroatoms. The van der Waals surface area contributed by atoms with Gasteiger partial charge in [0, 0.05) is 23.3 Å². The largest absolute Gasteiger partial charge is 0.477 e. The van der Waals surface area contributed by atoms with Gasteiger partial charge in [-0.1, -0.05) is 23.7 Å². The number of hydrogen-bond donors (Lipinski definition) is 2. The zero-order valence-corrected chi connectivity index (χ0v) is 16.6. The normalized spacial score (nSPS) is 28.1. The first-order valence-corrected chi connectivity index (χ1v) is 9.96. The lowest BCUT2D eigenvalue weighted by atomic mass is 9.99. The van der Waals surface area contributed by atoms with Crippen molar-refractivity contribution in [3.8, 4) is 0 Å². The third-order valence-corrected chi connectivity index (χ3v) is 6.41. The number of esters is 1. The second kappa shape index (κ2) is 7.05. The Hall–Kier alpha value is -2.56. The molecule has 3 aliphatic rings. The highest BCUT2D eigenvalue weighted by molar-refractivity contribution is 8.00. The van der Waals surface area contributed by atoms with E-state index in [9.17, 15) is 24.3 Å². The maximum atomic E-state index is 12.9. The minimum atomic E-state index is -1.64. The first kappa shape index (κ1) is 19.7. The number of ether oxygens (including phenoxy) is 2. The molecule has 2 saturated heterocycles. The van der Waals surface area contributed by atoms with Gasteiger partial charge in [-0.3, -0.25) is 19.3 Å². The summed E-state index contributed by atoms with van der Waals surface area (Å²) in [7, 11) is 0. The average Bonchev–Trinajstić information content (AvgIpc) is 3.05. The van der Waals surface area contributed by atoms with Gasteiger partial charge in [0.05, 0.1) is 0 Å². The van der Waals surface area contributed by atoms with Crippen molar-refractivity contribution < 1.29 is 33.8 Å². The van der Waals surface area contributed by atoms with Crippen LogP contribution in [-0.2, 0) is 28.7 Å². The quantitative estimate of drug-likeness (QED) is 0.528. The van der Waals surface area contributed by atoms with Gasteiger partial charge in [-0.15, -0.1) is 11.8 Å². The van der Waals surface area contributed by atoms with Crippen LogP contribution in [0.5, 0.6) is 0 Å². The molecule has 0 radical (unpaired) electrons. The molecule has 3 heterocycles. The van der Waals surface area contributed by atoms with Crippen molar-refractivity contribution >= 4 is 47.1 Å². The van der Waals surface area contributed by atoms with Crippen LogP contribution in [0.2, 0.25) is 5.02 Å². The number of β-lactam (4-membered cyclic amide) rings is 1. The first-order chi connectivity index (χ1) is 13.7. The predicted molar refractivity (Wildman–Crippen MR) is 101 cm³/mol. The number of nitrogens with zero attached hydrogens (tertiary/aromatic N) is 1. The predicted octanol–water partition coefficient (Wildman–Crippen LogP) is 1.04. The standard InChI is InChI=1S/C18H15ClN2O7S/c1-8(22)27-6-10-7-29-17-18(16(26)21(17)12(10)15(24)25)20-14(23)13(28-18)9-2-4-11(19)5-3-9/h2-5,13,17H,6-7H2,1H3,(H,20,23)(H,24,25)/t13?,17-,18?/m1/s1. The van der Waals surface area contributed by atoms with Crippen molar-refractivity contribution in [2.45, 2.75) is 24.1 Å². The minimum absolute atomic E-state index is 0.204. The third kappa shape index (κ3) is 3.07. The number of benzene rings is 1. The smallest absolute Gasteiger partial charge is 0.352 e. The fourth-order valence-electron chi connectivity index (χ4n) is 3.49. The Morgan fingerprint density at radius 2 is 2.07 bits per heavy atom. The molecule has 0 saturated carbocycles. The van der Waals surface area contributed by atoms with Crippen LogP contribution in [0, 0.1) is 0 Å². The number of fused-ring (bicyclic) bond motifs is 2. The Labute approximate surface area is 174 Å². The molecule has 2 N–H and O–H groups in total. The molecule has 2 unspecified atom stereocenters. The topological polar surface area (TPSA) is 122 Å². The Morgan fingerprint density at radius 3 is 2.69 bits per heavy atom. The van der Waals surface area contributed by atoms with E-state index in [4.69, 9.17) is 21.1 Å². The molecule has 1 aromatic carbocycles. The van der Waals surface area contributed by atoms with Gasteiger partial charge in [-0.25, -0.2) is 4.79 Å². The van der Waals surface area contributed by atoms with E-state index in [-0.39, 0.29) is 18.1 Å². The van der Waals surface area contributed by atoms with E-state index < -0.39 is 41.0 Å². The molecule has 2 fully saturated rings. The summed E-state index contributed by atoms with van der Waals surface area (Å²) in [6, 6.07) is 6.46. The Balaban J connectivity index is 1.61. The number of carboxylic acids is 1. The SMILES string of the molecule is CC(=O)OCC1=C(C(=O)O)N2C(=O)C3(NC(=O)C(c4ccc(Cl)cc4)O3)[C@H]2SC1. The number of thioether (sulfide) groups is 1. The number of amides is 2. The molecule has 3 aliphatic heterocycles. The molecule has 0 aliphatic carbocycles. The fourth-order valence-corrected chi connectivity index (χ4v) is 4.99. The Kier molecular flexibility index (Phi) is 4.80. The number of nitrogens with one attached hydrogen (secondary N) is 1. The highest BCUT2D eigenvalue weighted by Crippen LogP contribution is 2.50. The molecule has 0 bridgehead atoms. The Bertz CT molecular complexity index is 963. The minimum Gasteiger partial charge on any atom is -0.477 e. The third-order valence-electron chi connectivity index (χ3n) is 4.79. The molecule has 4 rings (SSSR count). The lowest BCUT2D eigenvalue weighted by Gasteiger charge is -2.54. The first-order valence-electron chi connectivity index (χ1n) is 8.54. The van der Waals surface area contributed by atoms with Crippen LogP contribution in [0.1, 0.15) is 18.6 Å². The molecule has 2 amide bonds. The van der Waals surface area contributed by atoms with Crippen molar-refractivity contribution in [3.63, 3.8) is 0 Å². The van der Waals surface area contributed by atoms with Gasteiger partial charge in [0.2, 0.25) is 0 Å². The lowest BCUT2D eigenvalue weighted by Crippen LogP contribution is -2.78. The average molecular weight is 439 g/mol. The molecule has 0 aromatic heterocycles. The molecule has 3 atom stereocenters. The van der Waals surface area contributed by atoms with Gasteiger partial charge in [0.15, 0.2) is 6.10 Å². The van der Waals surface area contributed by atoms with Crippen molar-refractivity contribution in [3.05, 3.63) is 46.1 Å². The number of rotatable bonds is 4. The van der Waals surface area contributed by atoms with E-state index in [1.165, 1.54) is 18.7 Å². The fraction of sp³-hybridized carbons (Fsp3) is 0.333. The van der Waals surface area contributed by atoms with Crippen molar-refractivity contribution in [1.82, 2.24) is 10.2 Å². The van der Waals surface area contributed by atoms with Crippen molar-refractivity contribution in [2.75, 3.05) is 12.4 Å². The summed E-state index contributed by atoms with van der Waals surface area (Å²) in [4.78, 5) is 49.4. The number of carboxylic acid groups (broad SMARTS) is 1. The van der Waals surface area contributed by atoms with Gasteiger partial charge in [0.25, 0.3) is 17.5 Å². The van der Waals surface area contributed by atoms with Crippen LogP contribution >= 0.6 is 23.4 Å². The molecule has 1 spiro atoms. The van der Waals surface area contributed by atoms with Crippen LogP contribution in [0.3, 0.4) is 0 Å². The highest BCUT2D eigenvalue weighted by Gasteiger charge is 2.70. The second-order valence-electron chi connectivity index (χ2n) is 6.65. The molecule has 29 heavy (non-hydrogen) atoms. The summed E-state index contributed by atoms with van der Waals surface area (Å²) in [6.07, 6.45) is -1.02. The summed E-state index contributed by atoms with van der Waals surface area (Å²) in [5.41, 5.74) is -1.06. The van der Waals surface area contributed by atoms with Gasteiger partial charge in [-0.05, 0) is 17.7 Å². The van der Waals surface area contributed by atoms with E-state index in [1.807, 2.05) is 0 Å². The van der Waals surface area contributed by atoms with Crippen LogP contribution in [0.25, 0.3) is 0 Å². The number of carbonyl (C=O) groups is 4. The summed E-state index contributed by atoms with van der Waals surface area (Å²) in [6.45, 7) is 0.983. The molecule has 152 valence electrons. The van der Waals surface area contributed by atoms with Crippen LogP contribution < -0.4 is 5.32 Å². The zero-order chi connectivity index (χ0) is 20.9. The monoisotopic (exact) mass is 438 g/mol. The van der Waals surface area contributed by atoms with E-state index in [0.29, 0.717) is 16.2 Å². The van der Waals surface area contributed by atoms with Crippen molar-refractivity contribution in [2.24, 2.45) is 0 Å². The lowest BCUT2D eigenvalue weighted by molar-refractivity contribution is -0.190. The van der Waals surface area contributed by atoms with E-state index in [0.717, 1.165) is 4.90 Å². The van der Waals surface area contributed by atoms with Crippen LogP contribution in [-0.4, -0.2) is 57.2 Å².